The molecule has 0 fully saturated rings. The van der Waals surface area contributed by atoms with Crippen LogP contribution in [0.2, 0.25) is 0 Å². The van der Waals surface area contributed by atoms with Crippen LogP contribution in [-0.2, 0) is 26.7 Å². The van der Waals surface area contributed by atoms with E-state index in [1.165, 1.54) is 12.2 Å². The summed E-state index contributed by atoms with van der Waals surface area (Å²) in [7, 11) is 0. The van der Waals surface area contributed by atoms with Crippen molar-refractivity contribution in [3.05, 3.63) is 23.7 Å². The molecule has 0 aliphatic carbocycles. The number of carbonyl (C=O) groups excluding carboxylic acids is 2. The van der Waals surface area contributed by atoms with Gasteiger partial charge in [0.1, 0.15) is 0 Å². The fraction of sp³-hybridized carbons (Fsp3) is 0.667. The number of allylic oxidation sites excluding steroid dienone is 4. The van der Waals surface area contributed by atoms with Gasteiger partial charge in [-0.15, -0.1) is 0 Å². The molecule has 0 saturated carbocycles. The van der Waals surface area contributed by atoms with Gasteiger partial charge in [-0.3, -0.25) is 9.59 Å². The van der Waals surface area contributed by atoms with Crippen molar-refractivity contribution in [2.24, 2.45) is 23.7 Å². The summed E-state index contributed by atoms with van der Waals surface area (Å²) in [5.41, 5.74) is 0. The van der Waals surface area contributed by atoms with Crippen LogP contribution in [0.1, 0.15) is 55.4 Å². The summed E-state index contributed by atoms with van der Waals surface area (Å²) in [6, 6.07) is 0. The maximum absolute atomic E-state index is 11.0. The van der Waals surface area contributed by atoms with Crippen molar-refractivity contribution >= 4 is 11.6 Å². The SMILES string of the molecule is CC(C)C(=O)/C=C(\O)C(C)C.CC(C)C(=O)/C=C(\O)C(C)C.[Cu]. The molecule has 0 rings (SSSR count). The number of hydrogen-bond donors (Lipinski definition) is 2. The van der Waals surface area contributed by atoms with E-state index in [2.05, 4.69) is 0 Å². The first-order valence-corrected chi connectivity index (χ1v) is 7.78. The van der Waals surface area contributed by atoms with Crippen molar-refractivity contribution in [2.45, 2.75) is 55.4 Å². The van der Waals surface area contributed by atoms with E-state index >= 15 is 0 Å². The molecule has 0 saturated heterocycles. The molecule has 0 aromatic rings. The summed E-state index contributed by atoms with van der Waals surface area (Å²) >= 11 is 0. The normalized spacial score (nSPS) is 12.2. The number of hydrogen-bond acceptors (Lipinski definition) is 4. The molecule has 0 heterocycles. The topological polar surface area (TPSA) is 74.6 Å². The van der Waals surface area contributed by atoms with E-state index in [1.54, 1.807) is 0 Å². The fourth-order valence-corrected chi connectivity index (χ4v) is 0.958. The Hall–Kier alpha value is -1.06. The van der Waals surface area contributed by atoms with E-state index < -0.39 is 0 Å². The predicted molar refractivity (Wildman–Crippen MR) is 90.8 cm³/mol. The molecule has 2 N–H and O–H groups in total. The van der Waals surface area contributed by atoms with Crippen LogP contribution in [0, 0.1) is 23.7 Å². The van der Waals surface area contributed by atoms with E-state index in [1.807, 2.05) is 55.4 Å². The van der Waals surface area contributed by atoms with Gasteiger partial charge in [-0.1, -0.05) is 55.4 Å². The third-order valence-corrected chi connectivity index (χ3v) is 2.90. The standard InChI is InChI=1S/2C9H16O2.Cu/c2*1-6(2)8(10)5-9(11)7(3)4;/h2*5-7,10H,1-4H3;/b2*8-5-;. The first kappa shape index (κ1) is 26.8. The average molecular weight is 376 g/mol. The number of aliphatic hydroxyl groups excluding tert-OH is 2. The van der Waals surface area contributed by atoms with Gasteiger partial charge >= 0.3 is 0 Å². The zero-order valence-corrected chi connectivity index (χ0v) is 16.4. The number of ketones is 2. The van der Waals surface area contributed by atoms with Crippen molar-refractivity contribution in [1.29, 1.82) is 0 Å². The van der Waals surface area contributed by atoms with Crippen LogP contribution in [0.25, 0.3) is 0 Å². The van der Waals surface area contributed by atoms with Crippen LogP contribution in [-0.4, -0.2) is 21.8 Å². The summed E-state index contributed by atoms with van der Waals surface area (Å²) in [5, 5.41) is 18.4. The Kier molecular flexibility index (Phi) is 15.6. The molecule has 139 valence electrons. The molecule has 4 nitrogen and oxygen atoms in total. The molecule has 0 bridgehead atoms. The van der Waals surface area contributed by atoms with Gasteiger partial charge in [0.15, 0.2) is 11.6 Å². The van der Waals surface area contributed by atoms with Crippen molar-refractivity contribution in [3.63, 3.8) is 0 Å². The van der Waals surface area contributed by atoms with Gasteiger partial charge < -0.3 is 10.2 Å². The molecule has 5 heteroatoms. The van der Waals surface area contributed by atoms with Crippen LogP contribution in [0.3, 0.4) is 0 Å². The Balaban J connectivity index is -0.000000333. The molecule has 0 atom stereocenters. The second kappa shape index (κ2) is 13.4. The van der Waals surface area contributed by atoms with Crippen LogP contribution < -0.4 is 0 Å². The molecule has 0 aliphatic heterocycles. The Morgan fingerprint density at radius 1 is 0.609 bits per heavy atom. The Bertz CT molecular complexity index is 379. The maximum atomic E-state index is 11.0. The molecule has 0 amide bonds. The third kappa shape index (κ3) is 14.3. The van der Waals surface area contributed by atoms with Crippen molar-refractivity contribution in [2.75, 3.05) is 0 Å². The fourth-order valence-electron chi connectivity index (χ4n) is 0.958. The van der Waals surface area contributed by atoms with Gasteiger partial charge in [-0.05, 0) is 0 Å². The Labute approximate surface area is 151 Å². The van der Waals surface area contributed by atoms with Gasteiger partial charge in [0, 0.05) is 52.9 Å². The molecule has 0 unspecified atom stereocenters. The molecule has 0 aliphatic rings. The zero-order chi connectivity index (χ0) is 18.0. The maximum Gasteiger partial charge on any atom is 0.161 e. The van der Waals surface area contributed by atoms with Crippen LogP contribution in [0.5, 0.6) is 0 Å². The Morgan fingerprint density at radius 3 is 0.957 bits per heavy atom. The second-order valence-electron chi connectivity index (χ2n) is 6.56. The average Bonchev–Trinajstić information content (AvgIpc) is 2.38. The molecule has 0 aromatic carbocycles. The summed E-state index contributed by atoms with van der Waals surface area (Å²) in [5.74, 6) is 0.321. The van der Waals surface area contributed by atoms with E-state index in [-0.39, 0.29) is 63.8 Å². The van der Waals surface area contributed by atoms with Gasteiger partial charge in [0.25, 0.3) is 0 Å². The zero-order valence-electron chi connectivity index (χ0n) is 15.5. The third-order valence-electron chi connectivity index (χ3n) is 2.90. The van der Waals surface area contributed by atoms with Gasteiger partial charge in [0.05, 0.1) is 11.5 Å². The number of rotatable bonds is 6. The Morgan fingerprint density at radius 2 is 0.826 bits per heavy atom. The van der Waals surface area contributed by atoms with Gasteiger partial charge in [-0.2, -0.15) is 0 Å². The monoisotopic (exact) mass is 375 g/mol. The second-order valence-corrected chi connectivity index (χ2v) is 6.56. The molecule has 0 spiro atoms. The van der Waals surface area contributed by atoms with E-state index in [4.69, 9.17) is 0 Å². The molecular formula is C18H32CuO4. The quantitative estimate of drug-likeness (QED) is 0.403. The van der Waals surface area contributed by atoms with Gasteiger partial charge in [-0.25, -0.2) is 0 Å². The first-order chi connectivity index (χ1) is 9.89. The van der Waals surface area contributed by atoms with Gasteiger partial charge in [0.2, 0.25) is 0 Å². The first-order valence-electron chi connectivity index (χ1n) is 7.78. The molecule has 0 aromatic heterocycles. The van der Waals surface area contributed by atoms with E-state index in [0.29, 0.717) is 0 Å². The smallest absolute Gasteiger partial charge is 0.161 e. The summed E-state index contributed by atoms with van der Waals surface area (Å²) in [6.45, 7) is 14.6. The minimum absolute atomic E-state index is 0. The van der Waals surface area contributed by atoms with Crippen LogP contribution in [0.4, 0.5) is 0 Å². The van der Waals surface area contributed by atoms with Crippen LogP contribution in [0.15, 0.2) is 23.7 Å². The molecule has 23 heavy (non-hydrogen) atoms. The number of aliphatic hydroxyl groups is 2. The number of carbonyl (C=O) groups is 2. The molecule has 1 radical (unpaired) electrons. The van der Waals surface area contributed by atoms with E-state index in [0.717, 1.165) is 0 Å². The minimum atomic E-state index is -0.0316. The van der Waals surface area contributed by atoms with Crippen molar-refractivity contribution < 1.29 is 36.9 Å². The summed E-state index contributed by atoms with van der Waals surface area (Å²) in [4.78, 5) is 22.0. The summed E-state index contributed by atoms with van der Waals surface area (Å²) in [6.07, 6.45) is 2.63. The molecular weight excluding hydrogens is 344 g/mol. The van der Waals surface area contributed by atoms with Crippen molar-refractivity contribution in [1.82, 2.24) is 0 Å². The minimum Gasteiger partial charge on any atom is -0.512 e. The predicted octanol–water partition coefficient (Wildman–Crippen LogP) is 4.62. The van der Waals surface area contributed by atoms with Crippen LogP contribution >= 0.6 is 0 Å². The van der Waals surface area contributed by atoms with E-state index in [9.17, 15) is 19.8 Å². The summed E-state index contributed by atoms with van der Waals surface area (Å²) < 4.78 is 0. The van der Waals surface area contributed by atoms with Crippen molar-refractivity contribution in [3.8, 4) is 0 Å². The largest absolute Gasteiger partial charge is 0.512 e.